The SMILES string of the molecule is Cn1nccc1C(=O)N=C(C(=O)Nc1ccc2c(c1)NCC21CCOCC1)C(C1CC1)C1CC1. The first kappa shape index (κ1) is 21.5. The van der Waals surface area contributed by atoms with Gasteiger partial charge in [-0.3, -0.25) is 14.3 Å². The van der Waals surface area contributed by atoms with Crippen LogP contribution in [0.3, 0.4) is 0 Å². The Morgan fingerprint density at radius 3 is 2.56 bits per heavy atom. The third kappa shape index (κ3) is 3.94. The van der Waals surface area contributed by atoms with E-state index in [4.69, 9.17) is 4.74 Å². The van der Waals surface area contributed by atoms with E-state index >= 15 is 0 Å². The van der Waals surface area contributed by atoms with Gasteiger partial charge >= 0.3 is 0 Å². The quantitative estimate of drug-likeness (QED) is 0.641. The van der Waals surface area contributed by atoms with Gasteiger partial charge in [0.15, 0.2) is 0 Å². The number of fused-ring (bicyclic) bond motifs is 2. The fourth-order valence-corrected chi connectivity index (χ4v) is 5.76. The highest BCUT2D eigenvalue weighted by Gasteiger charge is 2.46. The minimum absolute atomic E-state index is 0.0511. The molecule has 8 heteroatoms. The topological polar surface area (TPSA) is 97.6 Å². The highest BCUT2D eigenvalue weighted by molar-refractivity contribution is 6.45. The van der Waals surface area contributed by atoms with Gasteiger partial charge in [-0.2, -0.15) is 5.10 Å². The van der Waals surface area contributed by atoms with Crippen molar-refractivity contribution in [3.63, 3.8) is 0 Å². The first-order chi connectivity index (χ1) is 16.5. The van der Waals surface area contributed by atoms with Crippen molar-refractivity contribution >= 4 is 28.9 Å². The molecule has 2 amide bonds. The molecule has 2 aromatic rings. The number of carbonyl (C=O) groups excluding carboxylic acids is 2. The molecule has 0 unspecified atom stereocenters. The maximum Gasteiger partial charge on any atom is 0.295 e. The molecule has 3 fully saturated rings. The highest BCUT2D eigenvalue weighted by atomic mass is 16.5. The Labute approximate surface area is 199 Å². The maximum atomic E-state index is 13.6. The number of rotatable bonds is 6. The number of nitrogens with one attached hydrogen (secondary N) is 2. The molecular formula is C26H31N5O3. The van der Waals surface area contributed by atoms with E-state index in [-0.39, 0.29) is 17.2 Å². The fourth-order valence-electron chi connectivity index (χ4n) is 5.76. The first-order valence-electron chi connectivity index (χ1n) is 12.4. The molecule has 4 aliphatic rings. The zero-order valence-electron chi connectivity index (χ0n) is 19.5. The van der Waals surface area contributed by atoms with Gasteiger partial charge < -0.3 is 15.4 Å². The summed E-state index contributed by atoms with van der Waals surface area (Å²) >= 11 is 0. The Hall–Kier alpha value is -3.00. The molecule has 0 radical (unpaired) electrons. The van der Waals surface area contributed by atoms with Crippen LogP contribution in [0.15, 0.2) is 35.5 Å². The van der Waals surface area contributed by atoms with E-state index in [9.17, 15) is 9.59 Å². The lowest BCUT2D eigenvalue weighted by atomic mass is 9.76. The summed E-state index contributed by atoms with van der Waals surface area (Å²) in [4.78, 5) is 30.9. The third-order valence-electron chi connectivity index (χ3n) is 7.99. The summed E-state index contributed by atoms with van der Waals surface area (Å²) in [6.45, 7) is 2.47. The van der Waals surface area contributed by atoms with Crippen molar-refractivity contribution in [3.8, 4) is 0 Å². The van der Waals surface area contributed by atoms with Crippen LogP contribution in [0, 0.1) is 17.8 Å². The van der Waals surface area contributed by atoms with E-state index in [0.29, 0.717) is 23.2 Å². The van der Waals surface area contributed by atoms with Crippen molar-refractivity contribution in [1.29, 1.82) is 0 Å². The number of anilines is 2. The summed E-state index contributed by atoms with van der Waals surface area (Å²) in [7, 11) is 1.71. The van der Waals surface area contributed by atoms with E-state index < -0.39 is 5.91 Å². The minimum Gasteiger partial charge on any atom is -0.384 e. The van der Waals surface area contributed by atoms with Crippen LogP contribution in [0.1, 0.15) is 54.6 Å². The molecule has 3 heterocycles. The Morgan fingerprint density at radius 1 is 1.18 bits per heavy atom. The predicted molar refractivity (Wildman–Crippen MR) is 129 cm³/mol. The normalized spacial score (nSPS) is 21.4. The van der Waals surface area contributed by atoms with Crippen molar-refractivity contribution in [1.82, 2.24) is 9.78 Å². The average Bonchev–Trinajstić information content (AvgIpc) is 3.77. The van der Waals surface area contributed by atoms with Crippen LogP contribution >= 0.6 is 0 Å². The number of aryl methyl sites for hydroxylation is 1. The zero-order valence-corrected chi connectivity index (χ0v) is 19.5. The van der Waals surface area contributed by atoms with Gasteiger partial charge in [0.1, 0.15) is 11.4 Å². The third-order valence-corrected chi connectivity index (χ3v) is 7.99. The first-order valence-corrected chi connectivity index (χ1v) is 12.4. The van der Waals surface area contributed by atoms with E-state index in [1.807, 2.05) is 12.1 Å². The molecule has 2 aliphatic carbocycles. The molecule has 34 heavy (non-hydrogen) atoms. The Bertz CT molecular complexity index is 1140. The monoisotopic (exact) mass is 461 g/mol. The van der Waals surface area contributed by atoms with Crippen molar-refractivity contribution in [2.75, 3.05) is 30.4 Å². The molecule has 6 rings (SSSR count). The largest absolute Gasteiger partial charge is 0.384 e. The van der Waals surface area contributed by atoms with Crippen molar-refractivity contribution in [2.24, 2.45) is 29.8 Å². The lowest BCUT2D eigenvalue weighted by molar-refractivity contribution is -0.110. The lowest BCUT2D eigenvalue weighted by Gasteiger charge is -2.33. The predicted octanol–water partition coefficient (Wildman–Crippen LogP) is 3.55. The zero-order chi connectivity index (χ0) is 23.3. The summed E-state index contributed by atoms with van der Waals surface area (Å²) in [5.41, 5.74) is 4.01. The Kier molecular flexibility index (Phi) is 5.28. The molecular weight excluding hydrogens is 430 g/mol. The molecule has 8 nitrogen and oxygen atoms in total. The molecule has 1 aromatic heterocycles. The van der Waals surface area contributed by atoms with E-state index in [0.717, 1.165) is 69.7 Å². The van der Waals surface area contributed by atoms with E-state index in [1.54, 1.807) is 19.3 Å². The standard InChI is InChI=1S/C26H31N5O3/c1-31-21(8-11-28-31)24(32)30-23(22(16-2-3-16)17-4-5-17)25(33)29-18-6-7-19-20(14-18)27-15-26(19)9-12-34-13-10-26/h6-8,11,14,16-17,22,27H,2-5,9-10,12-13,15H2,1H3,(H,29,33). The fraction of sp³-hybridized carbons (Fsp3) is 0.538. The summed E-state index contributed by atoms with van der Waals surface area (Å²) in [5.74, 6) is 0.277. The average molecular weight is 462 g/mol. The smallest absolute Gasteiger partial charge is 0.295 e. The van der Waals surface area contributed by atoms with Gasteiger partial charge in [0, 0.05) is 55.7 Å². The Balaban J connectivity index is 1.27. The van der Waals surface area contributed by atoms with Crippen LogP contribution in [-0.2, 0) is 22.0 Å². The maximum absolute atomic E-state index is 13.6. The van der Waals surface area contributed by atoms with E-state index in [2.05, 4.69) is 26.8 Å². The summed E-state index contributed by atoms with van der Waals surface area (Å²) in [6.07, 6.45) is 7.99. The molecule has 2 N–H and O–H groups in total. The lowest BCUT2D eigenvalue weighted by Crippen LogP contribution is -2.35. The highest BCUT2D eigenvalue weighted by Crippen LogP contribution is 2.50. The van der Waals surface area contributed by atoms with E-state index in [1.165, 1.54) is 10.2 Å². The molecule has 1 saturated heterocycles. The second kappa shape index (κ2) is 8.34. The number of ether oxygens (including phenoxy) is 1. The van der Waals surface area contributed by atoms with Gasteiger partial charge in [-0.1, -0.05) is 6.07 Å². The van der Waals surface area contributed by atoms with Crippen LogP contribution in [-0.4, -0.2) is 47.1 Å². The van der Waals surface area contributed by atoms with Gasteiger partial charge in [0.05, 0.1) is 0 Å². The number of aromatic nitrogens is 2. The molecule has 2 aliphatic heterocycles. The molecule has 0 atom stereocenters. The van der Waals surface area contributed by atoms with Crippen LogP contribution in [0.4, 0.5) is 11.4 Å². The minimum atomic E-state index is -0.409. The molecule has 2 saturated carbocycles. The van der Waals surface area contributed by atoms with Crippen LogP contribution in [0.5, 0.6) is 0 Å². The van der Waals surface area contributed by atoms with Crippen LogP contribution < -0.4 is 10.6 Å². The number of aliphatic imine (C=N–C) groups is 1. The summed E-state index contributed by atoms with van der Waals surface area (Å²) in [5, 5.41) is 10.7. The molecule has 178 valence electrons. The van der Waals surface area contributed by atoms with Crippen molar-refractivity contribution in [2.45, 2.75) is 43.9 Å². The number of hydrogen-bond acceptors (Lipinski definition) is 5. The molecule has 1 aromatic carbocycles. The number of carbonyl (C=O) groups is 2. The molecule has 1 spiro atoms. The van der Waals surface area contributed by atoms with Gasteiger partial charge in [-0.25, -0.2) is 4.99 Å². The second-order valence-electron chi connectivity index (χ2n) is 10.3. The van der Waals surface area contributed by atoms with Crippen molar-refractivity contribution < 1.29 is 14.3 Å². The summed E-state index contributed by atoms with van der Waals surface area (Å²) < 4.78 is 7.08. The number of benzene rings is 1. The van der Waals surface area contributed by atoms with Gasteiger partial charge in [-0.05, 0) is 74.1 Å². The van der Waals surface area contributed by atoms with Gasteiger partial charge in [-0.15, -0.1) is 0 Å². The van der Waals surface area contributed by atoms with Crippen LogP contribution in [0.2, 0.25) is 0 Å². The van der Waals surface area contributed by atoms with Crippen LogP contribution in [0.25, 0.3) is 0 Å². The van der Waals surface area contributed by atoms with Crippen molar-refractivity contribution in [3.05, 3.63) is 41.7 Å². The second-order valence-corrected chi connectivity index (χ2v) is 10.3. The number of amides is 2. The van der Waals surface area contributed by atoms with Gasteiger partial charge in [0.2, 0.25) is 0 Å². The number of nitrogens with zero attached hydrogens (tertiary/aromatic N) is 3. The molecule has 0 bridgehead atoms. The van der Waals surface area contributed by atoms with Gasteiger partial charge in [0.25, 0.3) is 11.8 Å². The summed E-state index contributed by atoms with van der Waals surface area (Å²) in [6, 6.07) is 7.77. The Morgan fingerprint density at radius 2 is 1.91 bits per heavy atom. The number of hydrogen-bond donors (Lipinski definition) is 2.